The standard InChI is InChI=1S/C15H17BrN4O/c1-9-11(5-3-6-12(9)16)15(21)17-10(2)14-19-18-13-7-4-8-20(13)14/h3,5-6,10H,4,7-8H2,1-2H3,(H,17,21). The van der Waals surface area contributed by atoms with Gasteiger partial charge >= 0.3 is 0 Å². The molecule has 1 N–H and O–H groups in total. The monoisotopic (exact) mass is 348 g/mol. The molecule has 0 aliphatic carbocycles. The normalized spacial score (nSPS) is 14.8. The van der Waals surface area contributed by atoms with Crippen LogP contribution in [-0.2, 0) is 13.0 Å². The Bertz CT molecular complexity index is 695. The average molecular weight is 349 g/mol. The minimum Gasteiger partial charge on any atom is -0.342 e. The first-order chi connectivity index (χ1) is 10.1. The zero-order valence-electron chi connectivity index (χ0n) is 12.1. The molecule has 1 aromatic carbocycles. The Hall–Kier alpha value is -1.69. The third-order valence-corrected chi connectivity index (χ3v) is 4.74. The van der Waals surface area contributed by atoms with Crippen LogP contribution < -0.4 is 5.32 Å². The van der Waals surface area contributed by atoms with Crippen LogP contribution in [0.3, 0.4) is 0 Å². The lowest BCUT2D eigenvalue weighted by Gasteiger charge is -2.15. The highest BCUT2D eigenvalue weighted by Crippen LogP contribution is 2.22. The van der Waals surface area contributed by atoms with E-state index >= 15 is 0 Å². The topological polar surface area (TPSA) is 59.8 Å². The fraction of sp³-hybridized carbons (Fsp3) is 0.400. The second-order valence-corrected chi connectivity index (χ2v) is 6.19. The highest BCUT2D eigenvalue weighted by molar-refractivity contribution is 9.10. The number of rotatable bonds is 3. The summed E-state index contributed by atoms with van der Waals surface area (Å²) in [4.78, 5) is 12.4. The Balaban J connectivity index is 1.79. The summed E-state index contributed by atoms with van der Waals surface area (Å²) in [6.45, 7) is 4.81. The van der Waals surface area contributed by atoms with Crippen LogP contribution >= 0.6 is 15.9 Å². The summed E-state index contributed by atoms with van der Waals surface area (Å²) in [6.07, 6.45) is 2.07. The van der Waals surface area contributed by atoms with Crippen molar-refractivity contribution < 1.29 is 4.79 Å². The van der Waals surface area contributed by atoms with Crippen molar-refractivity contribution in [1.29, 1.82) is 0 Å². The molecule has 6 heteroatoms. The number of nitrogens with zero attached hydrogens (tertiary/aromatic N) is 3. The maximum atomic E-state index is 12.4. The summed E-state index contributed by atoms with van der Waals surface area (Å²) in [7, 11) is 0. The second kappa shape index (κ2) is 5.60. The number of carbonyl (C=O) groups is 1. The molecule has 0 saturated carbocycles. The summed E-state index contributed by atoms with van der Waals surface area (Å²) in [5.74, 6) is 1.77. The second-order valence-electron chi connectivity index (χ2n) is 5.34. The van der Waals surface area contributed by atoms with Gasteiger partial charge in [0.15, 0.2) is 5.82 Å². The SMILES string of the molecule is Cc1c(Br)cccc1C(=O)NC(C)c1nnc2n1CCC2. The van der Waals surface area contributed by atoms with E-state index in [2.05, 4.69) is 36.0 Å². The largest absolute Gasteiger partial charge is 0.342 e. The van der Waals surface area contributed by atoms with Gasteiger partial charge in [-0.3, -0.25) is 4.79 Å². The van der Waals surface area contributed by atoms with Gasteiger partial charge in [0.05, 0.1) is 6.04 Å². The predicted octanol–water partition coefficient (Wildman–Crippen LogP) is 2.79. The number of benzene rings is 1. The molecule has 110 valence electrons. The number of amides is 1. The molecule has 2 aromatic rings. The highest BCUT2D eigenvalue weighted by Gasteiger charge is 2.23. The van der Waals surface area contributed by atoms with Gasteiger partial charge in [-0.2, -0.15) is 0 Å². The van der Waals surface area contributed by atoms with Crippen LogP contribution in [0.2, 0.25) is 0 Å². The quantitative estimate of drug-likeness (QED) is 0.927. The van der Waals surface area contributed by atoms with E-state index in [4.69, 9.17) is 0 Å². The number of hydrogen-bond donors (Lipinski definition) is 1. The van der Waals surface area contributed by atoms with Crippen molar-refractivity contribution in [2.75, 3.05) is 0 Å². The molecule has 1 aromatic heterocycles. The van der Waals surface area contributed by atoms with Gasteiger partial charge in [0, 0.05) is 23.0 Å². The molecule has 2 heterocycles. The fourth-order valence-corrected chi connectivity index (χ4v) is 3.05. The van der Waals surface area contributed by atoms with Crippen LogP contribution in [0.15, 0.2) is 22.7 Å². The van der Waals surface area contributed by atoms with E-state index in [-0.39, 0.29) is 11.9 Å². The summed E-state index contributed by atoms with van der Waals surface area (Å²) in [5, 5.41) is 11.4. The molecule has 1 amide bonds. The van der Waals surface area contributed by atoms with Gasteiger partial charge in [0.2, 0.25) is 0 Å². The molecular weight excluding hydrogens is 332 g/mol. The van der Waals surface area contributed by atoms with Gasteiger partial charge in [-0.25, -0.2) is 0 Å². The van der Waals surface area contributed by atoms with E-state index in [1.54, 1.807) is 0 Å². The summed E-state index contributed by atoms with van der Waals surface area (Å²) in [6, 6.07) is 5.47. The van der Waals surface area contributed by atoms with Gasteiger partial charge in [0.1, 0.15) is 5.82 Å². The number of halogens is 1. The number of nitrogens with one attached hydrogen (secondary N) is 1. The molecule has 0 spiro atoms. The number of aromatic nitrogens is 3. The van der Waals surface area contributed by atoms with E-state index in [9.17, 15) is 4.79 Å². The Morgan fingerprint density at radius 1 is 1.43 bits per heavy atom. The lowest BCUT2D eigenvalue weighted by atomic mass is 10.1. The first-order valence-electron chi connectivity index (χ1n) is 7.06. The van der Waals surface area contributed by atoms with Gasteiger partial charge in [-0.1, -0.05) is 22.0 Å². The third-order valence-electron chi connectivity index (χ3n) is 3.89. The fourth-order valence-electron chi connectivity index (χ4n) is 2.69. The molecular formula is C15H17BrN4O. The van der Waals surface area contributed by atoms with Crippen LogP contribution in [-0.4, -0.2) is 20.7 Å². The molecule has 1 aliphatic heterocycles. The Morgan fingerprint density at radius 3 is 3.05 bits per heavy atom. The van der Waals surface area contributed by atoms with Crippen LogP contribution in [0.25, 0.3) is 0 Å². The summed E-state index contributed by atoms with van der Waals surface area (Å²) in [5.41, 5.74) is 1.62. The van der Waals surface area contributed by atoms with Crippen molar-refractivity contribution in [2.24, 2.45) is 0 Å². The van der Waals surface area contributed by atoms with Crippen molar-refractivity contribution in [3.63, 3.8) is 0 Å². The van der Waals surface area contributed by atoms with Gasteiger partial charge in [-0.05, 0) is 38.0 Å². The van der Waals surface area contributed by atoms with Crippen LogP contribution in [0, 0.1) is 6.92 Å². The van der Waals surface area contributed by atoms with E-state index in [0.29, 0.717) is 5.56 Å². The first kappa shape index (κ1) is 14.3. The first-order valence-corrected chi connectivity index (χ1v) is 7.85. The number of carbonyl (C=O) groups excluding carboxylic acids is 1. The number of fused-ring (bicyclic) bond motifs is 1. The van der Waals surface area contributed by atoms with E-state index in [0.717, 1.165) is 41.1 Å². The number of hydrogen-bond acceptors (Lipinski definition) is 3. The van der Waals surface area contributed by atoms with E-state index < -0.39 is 0 Å². The van der Waals surface area contributed by atoms with Crippen molar-refractivity contribution in [3.8, 4) is 0 Å². The van der Waals surface area contributed by atoms with Crippen LogP contribution in [0.5, 0.6) is 0 Å². The Morgan fingerprint density at radius 2 is 2.24 bits per heavy atom. The highest BCUT2D eigenvalue weighted by atomic mass is 79.9. The summed E-state index contributed by atoms with van der Waals surface area (Å²) >= 11 is 3.45. The third kappa shape index (κ3) is 2.60. The molecule has 1 atom stereocenters. The molecule has 3 rings (SSSR count). The van der Waals surface area contributed by atoms with Crippen molar-refractivity contribution in [3.05, 3.63) is 45.4 Å². The minimum absolute atomic E-state index is 0.0864. The van der Waals surface area contributed by atoms with Crippen molar-refractivity contribution >= 4 is 21.8 Å². The van der Waals surface area contributed by atoms with Crippen LogP contribution in [0.4, 0.5) is 0 Å². The molecule has 0 saturated heterocycles. The van der Waals surface area contributed by atoms with E-state index in [1.165, 1.54) is 0 Å². The molecule has 1 aliphatic rings. The van der Waals surface area contributed by atoms with Crippen molar-refractivity contribution in [1.82, 2.24) is 20.1 Å². The Kier molecular flexibility index (Phi) is 3.80. The number of aryl methyl sites for hydroxylation is 1. The van der Waals surface area contributed by atoms with Gasteiger partial charge in [-0.15, -0.1) is 10.2 Å². The molecule has 0 bridgehead atoms. The van der Waals surface area contributed by atoms with Crippen LogP contribution in [0.1, 0.15) is 47.0 Å². The van der Waals surface area contributed by atoms with Gasteiger partial charge in [0.25, 0.3) is 5.91 Å². The summed E-state index contributed by atoms with van der Waals surface area (Å²) < 4.78 is 3.05. The van der Waals surface area contributed by atoms with E-state index in [1.807, 2.05) is 32.0 Å². The van der Waals surface area contributed by atoms with Crippen molar-refractivity contribution in [2.45, 2.75) is 39.3 Å². The minimum atomic E-state index is -0.157. The molecule has 0 fully saturated rings. The lowest BCUT2D eigenvalue weighted by molar-refractivity contribution is 0.0937. The molecule has 5 nitrogen and oxygen atoms in total. The zero-order chi connectivity index (χ0) is 15.0. The van der Waals surface area contributed by atoms with Gasteiger partial charge < -0.3 is 9.88 Å². The predicted molar refractivity (Wildman–Crippen MR) is 83.1 cm³/mol. The zero-order valence-corrected chi connectivity index (χ0v) is 13.6. The molecule has 21 heavy (non-hydrogen) atoms. The molecule has 1 unspecified atom stereocenters. The lowest BCUT2D eigenvalue weighted by Crippen LogP contribution is -2.29. The maximum Gasteiger partial charge on any atom is 0.252 e. The molecule has 0 radical (unpaired) electrons. The average Bonchev–Trinajstić information content (AvgIpc) is 3.03. The Labute approximate surface area is 131 Å². The maximum absolute atomic E-state index is 12.4. The smallest absolute Gasteiger partial charge is 0.252 e.